The van der Waals surface area contributed by atoms with Crippen molar-refractivity contribution in [1.29, 1.82) is 0 Å². The van der Waals surface area contributed by atoms with Gasteiger partial charge in [-0.05, 0) is 38.1 Å². The quantitative estimate of drug-likeness (QED) is 0.615. The minimum absolute atomic E-state index is 0.272. The van der Waals surface area contributed by atoms with E-state index in [2.05, 4.69) is 0 Å². The largest absolute Gasteiger partial charge is 0.312 e. The lowest BCUT2D eigenvalue weighted by atomic mass is 10.1. The average Bonchev–Trinajstić information content (AvgIpc) is 3.18. The van der Waals surface area contributed by atoms with Crippen LogP contribution >= 0.6 is 0 Å². The fourth-order valence-electron chi connectivity index (χ4n) is 3.79. The summed E-state index contributed by atoms with van der Waals surface area (Å²) < 4.78 is 0. The van der Waals surface area contributed by atoms with Crippen molar-refractivity contribution in [2.45, 2.75) is 38.8 Å². The highest BCUT2D eigenvalue weighted by atomic mass is 16.5. The first-order chi connectivity index (χ1) is 14.3. The Morgan fingerprint density at radius 2 is 1.03 bits per heavy atom. The molecular formula is C22H21N3O5. The number of hydroxylamine groups is 2. The second-order valence-electron chi connectivity index (χ2n) is 7.63. The molecule has 4 amide bonds. The van der Waals surface area contributed by atoms with Gasteiger partial charge in [-0.25, -0.2) is 9.80 Å². The zero-order valence-corrected chi connectivity index (χ0v) is 16.6. The molecule has 2 heterocycles. The summed E-state index contributed by atoms with van der Waals surface area (Å²) in [6, 6.07) is 11.3. The Balaban J connectivity index is 1.55. The molecule has 0 spiro atoms. The van der Waals surface area contributed by atoms with Crippen LogP contribution in [-0.4, -0.2) is 46.0 Å². The number of anilines is 2. The predicted molar refractivity (Wildman–Crippen MR) is 108 cm³/mol. The van der Waals surface area contributed by atoms with Crippen LogP contribution in [0.4, 0.5) is 11.4 Å². The Labute approximate surface area is 173 Å². The van der Waals surface area contributed by atoms with Crippen LogP contribution in [0.5, 0.6) is 0 Å². The fraction of sp³-hybridized carbons (Fsp3) is 0.273. The molecule has 0 aromatic heterocycles. The number of benzene rings is 2. The lowest BCUT2D eigenvalue weighted by molar-refractivity contribution is -0.172. The summed E-state index contributed by atoms with van der Waals surface area (Å²) in [5.41, 5.74) is 2.76. The maximum absolute atomic E-state index is 12.9. The first-order valence-corrected chi connectivity index (χ1v) is 9.62. The second kappa shape index (κ2) is 7.47. The molecule has 2 saturated heterocycles. The number of nitrogens with zero attached hydrogens (tertiary/aromatic N) is 3. The van der Waals surface area contributed by atoms with Gasteiger partial charge < -0.3 is 5.21 Å². The van der Waals surface area contributed by atoms with E-state index in [1.807, 2.05) is 13.8 Å². The van der Waals surface area contributed by atoms with Crippen molar-refractivity contribution in [3.63, 3.8) is 0 Å². The first kappa shape index (κ1) is 19.9. The van der Waals surface area contributed by atoms with Crippen molar-refractivity contribution in [2.75, 3.05) is 9.80 Å². The van der Waals surface area contributed by atoms with Crippen molar-refractivity contribution in [3.8, 4) is 0 Å². The van der Waals surface area contributed by atoms with Gasteiger partial charge in [-0.1, -0.05) is 35.4 Å². The molecule has 1 N–H and O–H groups in total. The van der Waals surface area contributed by atoms with Gasteiger partial charge in [-0.15, -0.1) is 0 Å². The Morgan fingerprint density at radius 3 is 1.37 bits per heavy atom. The van der Waals surface area contributed by atoms with Gasteiger partial charge >= 0.3 is 0 Å². The van der Waals surface area contributed by atoms with Gasteiger partial charge in [0.15, 0.2) is 0 Å². The van der Waals surface area contributed by atoms with Crippen LogP contribution in [-0.2, 0) is 19.2 Å². The summed E-state index contributed by atoms with van der Waals surface area (Å²) in [6.07, 6.45) is -0.544. The summed E-state index contributed by atoms with van der Waals surface area (Å²) in [5, 5.41) is 11.2. The van der Waals surface area contributed by atoms with E-state index in [0.717, 1.165) is 20.9 Å². The molecule has 0 radical (unpaired) electrons. The third-order valence-electron chi connectivity index (χ3n) is 5.47. The molecule has 2 aliphatic rings. The summed E-state index contributed by atoms with van der Waals surface area (Å²) in [5.74, 6) is -2.19. The van der Waals surface area contributed by atoms with Gasteiger partial charge in [-0.2, -0.15) is 5.06 Å². The second-order valence-corrected chi connectivity index (χ2v) is 7.63. The molecule has 0 aliphatic carbocycles. The normalized spacial score (nSPS) is 22.0. The van der Waals surface area contributed by atoms with Crippen LogP contribution in [0.1, 0.15) is 24.0 Å². The number of amides is 4. The molecule has 0 unspecified atom stereocenters. The number of aryl methyl sites for hydroxylation is 2. The highest BCUT2D eigenvalue weighted by molar-refractivity contribution is 6.24. The molecule has 4 rings (SSSR count). The summed E-state index contributed by atoms with van der Waals surface area (Å²) >= 11 is 0. The summed E-state index contributed by atoms with van der Waals surface area (Å²) in [7, 11) is 0. The number of hydrogen-bond acceptors (Lipinski definition) is 6. The van der Waals surface area contributed by atoms with Crippen molar-refractivity contribution in [1.82, 2.24) is 5.06 Å². The van der Waals surface area contributed by atoms with Crippen molar-refractivity contribution < 1.29 is 24.4 Å². The molecule has 0 bridgehead atoms. The molecular weight excluding hydrogens is 386 g/mol. The molecule has 2 aromatic rings. The Bertz CT molecular complexity index is 948. The third kappa shape index (κ3) is 3.30. The standard InChI is InChI=1S/C22H21N3O5/c1-13-3-7-15(8-4-13)23-19(26)11-17(21(23)28)25(30)18-12-20(27)24(22(18)29)16-9-5-14(2)6-10-16/h3-10,17-18,30H,11-12H2,1-2H3/t17-,18+. The SMILES string of the molecule is Cc1ccc(N2C(=O)C[C@@H](N(O)[C@H]3CC(=O)N(c4ccc(C)cc4)C3=O)C2=O)cc1. The Hall–Kier alpha value is -3.36. The van der Waals surface area contributed by atoms with E-state index in [4.69, 9.17) is 0 Å². The highest BCUT2D eigenvalue weighted by Crippen LogP contribution is 2.30. The van der Waals surface area contributed by atoms with Crippen LogP contribution in [0.2, 0.25) is 0 Å². The van der Waals surface area contributed by atoms with Gasteiger partial charge in [0.25, 0.3) is 11.8 Å². The topological polar surface area (TPSA) is 98.2 Å². The third-order valence-corrected chi connectivity index (χ3v) is 5.47. The van der Waals surface area contributed by atoms with Crippen LogP contribution in [0, 0.1) is 13.8 Å². The van der Waals surface area contributed by atoms with Gasteiger partial charge in [0, 0.05) is 0 Å². The maximum Gasteiger partial charge on any atom is 0.254 e. The Kier molecular flexibility index (Phi) is 4.97. The van der Waals surface area contributed by atoms with E-state index in [9.17, 15) is 24.4 Å². The lowest BCUT2D eigenvalue weighted by Crippen LogP contribution is -2.49. The number of carbonyl (C=O) groups excluding carboxylic acids is 4. The lowest BCUT2D eigenvalue weighted by Gasteiger charge is -2.25. The van der Waals surface area contributed by atoms with Crippen molar-refractivity contribution in [2.24, 2.45) is 0 Å². The molecule has 154 valence electrons. The number of rotatable bonds is 4. The van der Waals surface area contributed by atoms with Crippen LogP contribution in [0.25, 0.3) is 0 Å². The molecule has 30 heavy (non-hydrogen) atoms. The smallest absolute Gasteiger partial charge is 0.254 e. The first-order valence-electron chi connectivity index (χ1n) is 9.62. The van der Waals surface area contributed by atoms with Crippen LogP contribution in [0.3, 0.4) is 0 Å². The molecule has 8 heteroatoms. The number of imide groups is 2. The number of hydrogen-bond donors (Lipinski definition) is 1. The minimum Gasteiger partial charge on any atom is -0.312 e. The number of carbonyl (C=O) groups is 4. The molecule has 0 saturated carbocycles. The van der Waals surface area contributed by atoms with E-state index in [0.29, 0.717) is 16.4 Å². The zero-order chi connectivity index (χ0) is 21.6. The monoisotopic (exact) mass is 407 g/mol. The Morgan fingerprint density at radius 1 is 0.700 bits per heavy atom. The van der Waals surface area contributed by atoms with E-state index in [-0.39, 0.29) is 12.8 Å². The molecule has 2 atom stereocenters. The fourth-order valence-corrected chi connectivity index (χ4v) is 3.79. The van der Waals surface area contributed by atoms with E-state index >= 15 is 0 Å². The van der Waals surface area contributed by atoms with E-state index in [1.54, 1.807) is 48.5 Å². The highest BCUT2D eigenvalue weighted by Gasteiger charge is 2.50. The van der Waals surface area contributed by atoms with Gasteiger partial charge in [0.05, 0.1) is 24.2 Å². The summed E-state index contributed by atoms with van der Waals surface area (Å²) in [6.45, 7) is 3.77. The average molecular weight is 407 g/mol. The van der Waals surface area contributed by atoms with Gasteiger partial charge in [-0.3, -0.25) is 19.2 Å². The van der Waals surface area contributed by atoms with Crippen molar-refractivity contribution in [3.05, 3.63) is 59.7 Å². The van der Waals surface area contributed by atoms with Crippen LogP contribution < -0.4 is 9.80 Å². The molecule has 8 nitrogen and oxygen atoms in total. The maximum atomic E-state index is 12.9. The van der Waals surface area contributed by atoms with Gasteiger partial charge in [0.1, 0.15) is 12.1 Å². The van der Waals surface area contributed by atoms with Crippen molar-refractivity contribution >= 4 is 35.0 Å². The summed E-state index contributed by atoms with van der Waals surface area (Å²) in [4.78, 5) is 52.7. The minimum atomic E-state index is -1.22. The molecule has 2 fully saturated rings. The van der Waals surface area contributed by atoms with E-state index in [1.165, 1.54) is 0 Å². The molecule has 2 aliphatic heterocycles. The van der Waals surface area contributed by atoms with Gasteiger partial charge in [0.2, 0.25) is 11.8 Å². The van der Waals surface area contributed by atoms with Crippen LogP contribution in [0.15, 0.2) is 48.5 Å². The van der Waals surface area contributed by atoms with E-state index < -0.39 is 35.7 Å². The molecule has 2 aromatic carbocycles. The zero-order valence-electron chi connectivity index (χ0n) is 16.6. The predicted octanol–water partition coefficient (Wildman–Crippen LogP) is 1.96.